The Kier molecular flexibility index (Phi) is 4.20. The molecule has 0 aliphatic carbocycles. The van der Waals surface area contributed by atoms with Crippen LogP contribution < -0.4 is 4.72 Å². The van der Waals surface area contributed by atoms with Gasteiger partial charge < -0.3 is 0 Å². The van der Waals surface area contributed by atoms with Gasteiger partial charge in [0.15, 0.2) is 0 Å². The van der Waals surface area contributed by atoms with Gasteiger partial charge in [0.1, 0.15) is 0 Å². The first-order chi connectivity index (χ1) is 9.46. The number of hydrogen-bond acceptors (Lipinski definition) is 4. The molecule has 0 fully saturated rings. The minimum atomic E-state index is -3.32. The van der Waals surface area contributed by atoms with Crippen molar-refractivity contribution in [1.29, 1.82) is 0 Å². The van der Waals surface area contributed by atoms with Crippen LogP contribution >= 0.6 is 0 Å². The van der Waals surface area contributed by atoms with Crippen LogP contribution in [0.25, 0.3) is 0 Å². The molecule has 1 aliphatic rings. The first kappa shape index (κ1) is 14.7. The largest absolute Gasteiger partial charge is 0.273 e. The highest BCUT2D eigenvalue weighted by atomic mass is 32.2. The number of carbonyl (C=O) groups excluding carboxylic acids is 2. The van der Waals surface area contributed by atoms with Crippen molar-refractivity contribution in [1.82, 2.24) is 9.62 Å². The van der Waals surface area contributed by atoms with E-state index in [0.29, 0.717) is 17.5 Å². The summed E-state index contributed by atoms with van der Waals surface area (Å²) in [6.45, 7) is 1.84. The van der Waals surface area contributed by atoms with E-state index in [1.54, 1.807) is 31.2 Å². The zero-order chi connectivity index (χ0) is 14.8. The summed E-state index contributed by atoms with van der Waals surface area (Å²) in [6.07, 6.45) is 0.516. The summed E-state index contributed by atoms with van der Waals surface area (Å²) in [5, 5.41) is 0. The zero-order valence-corrected chi connectivity index (χ0v) is 11.9. The fourth-order valence-electron chi connectivity index (χ4n) is 2.10. The number of hydrogen-bond donors (Lipinski definition) is 1. The van der Waals surface area contributed by atoms with Gasteiger partial charge in [-0.2, -0.15) is 0 Å². The quantitative estimate of drug-likeness (QED) is 0.780. The van der Waals surface area contributed by atoms with E-state index >= 15 is 0 Å². The Morgan fingerprint density at radius 2 is 1.65 bits per heavy atom. The second-order valence-electron chi connectivity index (χ2n) is 4.52. The van der Waals surface area contributed by atoms with Gasteiger partial charge >= 0.3 is 0 Å². The van der Waals surface area contributed by atoms with Gasteiger partial charge in [-0.25, -0.2) is 13.1 Å². The Morgan fingerprint density at radius 1 is 1.10 bits per heavy atom. The second-order valence-corrected chi connectivity index (χ2v) is 6.45. The van der Waals surface area contributed by atoms with Gasteiger partial charge in [-0.15, -0.1) is 0 Å². The smallest absolute Gasteiger partial charge is 0.261 e. The summed E-state index contributed by atoms with van der Waals surface area (Å²) in [4.78, 5) is 25.1. The molecule has 0 bridgehead atoms. The maximum absolute atomic E-state index is 12.0. The fraction of sp³-hybridized carbons (Fsp3) is 0.385. The van der Waals surface area contributed by atoms with E-state index in [1.165, 1.54) is 0 Å². The number of carbonyl (C=O) groups is 2. The van der Waals surface area contributed by atoms with Crippen molar-refractivity contribution in [2.45, 2.75) is 13.3 Å². The van der Waals surface area contributed by atoms with Crippen LogP contribution in [0.1, 0.15) is 34.1 Å². The molecule has 7 heteroatoms. The van der Waals surface area contributed by atoms with Crippen molar-refractivity contribution in [3.8, 4) is 0 Å². The molecule has 6 nitrogen and oxygen atoms in total. The van der Waals surface area contributed by atoms with Crippen LogP contribution in [-0.2, 0) is 10.0 Å². The van der Waals surface area contributed by atoms with Gasteiger partial charge in [0.2, 0.25) is 10.0 Å². The number of fused-ring (bicyclic) bond motifs is 1. The van der Waals surface area contributed by atoms with Gasteiger partial charge in [-0.1, -0.05) is 19.1 Å². The van der Waals surface area contributed by atoms with Crippen molar-refractivity contribution in [2.75, 3.05) is 18.8 Å². The van der Waals surface area contributed by atoms with Gasteiger partial charge in [0.25, 0.3) is 11.8 Å². The molecule has 1 heterocycles. The molecule has 108 valence electrons. The lowest BCUT2D eigenvalue weighted by Gasteiger charge is -2.14. The van der Waals surface area contributed by atoms with Crippen LogP contribution in [0.5, 0.6) is 0 Å². The summed E-state index contributed by atoms with van der Waals surface area (Å²) < 4.78 is 25.4. The third kappa shape index (κ3) is 2.88. The molecule has 20 heavy (non-hydrogen) atoms. The summed E-state index contributed by atoms with van der Waals surface area (Å²) >= 11 is 0. The molecule has 1 aliphatic heterocycles. The summed E-state index contributed by atoms with van der Waals surface area (Å²) in [5.41, 5.74) is 0.739. The highest BCUT2D eigenvalue weighted by Crippen LogP contribution is 2.21. The molecule has 1 aromatic rings. The zero-order valence-electron chi connectivity index (χ0n) is 11.1. The number of nitrogens with one attached hydrogen (secondary N) is 1. The number of nitrogens with zero attached hydrogens (tertiary/aromatic N) is 1. The highest BCUT2D eigenvalue weighted by Gasteiger charge is 2.34. The molecule has 0 atom stereocenters. The molecule has 2 rings (SSSR count). The molecule has 1 aromatic carbocycles. The number of amides is 2. The van der Waals surface area contributed by atoms with Crippen molar-refractivity contribution < 1.29 is 18.0 Å². The van der Waals surface area contributed by atoms with E-state index in [4.69, 9.17) is 0 Å². The number of imide groups is 1. The van der Waals surface area contributed by atoms with E-state index in [2.05, 4.69) is 4.72 Å². The Hall–Kier alpha value is -1.73. The van der Waals surface area contributed by atoms with Gasteiger partial charge in [-0.05, 0) is 18.6 Å². The van der Waals surface area contributed by atoms with E-state index in [0.717, 1.165) is 4.90 Å². The minimum Gasteiger partial charge on any atom is -0.273 e. The van der Waals surface area contributed by atoms with E-state index < -0.39 is 10.0 Å². The molecule has 2 amide bonds. The van der Waals surface area contributed by atoms with Gasteiger partial charge in [0, 0.05) is 13.1 Å². The predicted octanol–water partition coefficient (Wildman–Crippen LogP) is 0.612. The van der Waals surface area contributed by atoms with Crippen LogP contribution in [0, 0.1) is 0 Å². The molecule has 0 aromatic heterocycles. The topological polar surface area (TPSA) is 83.6 Å². The van der Waals surface area contributed by atoms with Crippen molar-refractivity contribution in [2.24, 2.45) is 0 Å². The monoisotopic (exact) mass is 296 g/mol. The Balaban J connectivity index is 2.00. The average molecular weight is 296 g/mol. The summed E-state index contributed by atoms with van der Waals surface area (Å²) in [6, 6.07) is 6.57. The Morgan fingerprint density at radius 3 is 2.15 bits per heavy atom. The average Bonchev–Trinajstić information content (AvgIpc) is 2.64. The summed E-state index contributed by atoms with van der Waals surface area (Å²) in [7, 11) is -3.32. The lowest BCUT2D eigenvalue weighted by molar-refractivity contribution is 0.0657. The molecular weight excluding hydrogens is 280 g/mol. The SMILES string of the molecule is CCCS(=O)(=O)NCCN1C(=O)c2ccccc2C1=O. The van der Waals surface area contributed by atoms with Gasteiger partial charge in [-0.3, -0.25) is 14.5 Å². The normalized spacial score (nSPS) is 14.8. The highest BCUT2D eigenvalue weighted by molar-refractivity contribution is 7.89. The lowest BCUT2D eigenvalue weighted by atomic mass is 10.1. The van der Waals surface area contributed by atoms with Crippen LogP contribution in [0.15, 0.2) is 24.3 Å². The van der Waals surface area contributed by atoms with Crippen LogP contribution in [-0.4, -0.2) is 44.0 Å². The first-order valence-electron chi connectivity index (χ1n) is 6.39. The number of rotatable bonds is 6. The standard InChI is InChI=1S/C13H16N2O4S/c1-2-9-20(18,19)14-7-8-15-12(16)10-5-3-4-6-11(10)13(15)17/h3-6,14H,2,7-9H2,1H3. The van der Waals surface area contributed by atoms with Crippen molar-refractivity contribution >= 4 is 21.8 Å². The minimum absolute atomic E-state index is 0.0355. The maximum Gasteiger partial charge on any atom is 0.261 e. The lowest BCUT2D eigenvalue weighted by Crippen LogP contribution is -2.38. The second kappa shape index (κ2) is 5.72. The third-order valence-corrected chi connectivity index (χ3v) is 4.60. The Bertz CT molecular complexity index is 605. The molecule has 1 N–H and O–H groups in total. The van der Waals surface area contributed by atoms with Crippen LogP contribution in [0.4, 0.5) is 0 Å². The molecule has 0 saturated heterocycles. The molecular formula is C13H16N2O4S. The first-order valence-corrected chi connectivity index (χ1v) is 8.04. The van der Waals surface area contributed by atoms with E-state index in [1.807, 2.05) is 0 Å². The third-order valence-electron chi connectivity index (χ3n) is 3.01. The fourth-order valence-corrected chi connectivity index (χ4v) is 3.18. The molecule has 0 unspecified atom stereocenters. The van der Waals surface area contributed by atoms with Crippen molar-refractivity contribution in [3.63, 3.8) is 0 Å². The number of benzene rings is 1. The van der Waals surface area contributed by atoms with E-state index in [-0.39, 0.29) is 30.7 Å². The number of sulfonamides is 1. The predicted molar refractivity (Wildman–Crippen MR) is 73.9 cm³/mol. The van der Waals surface area contributed by atoms with Crippen molar-refractivity contribution in [3.05, 3.63) is 35.4 Å². The van der Waals surface area contributed by atoms with Crippen LogP contribution in [0.2, 0.25) is 0 Å². The van der Waals surface area contributed by atoms with Crippen LogP contribution in [0.3, 0.4) is 0 Å². The van der Waals surface area contributed by atoms with E-state index in [9.17, 15) is 18.0 Å². The molecule has 0 saturated carbocycles. The van der Waals surface area contributed by atoms with Gasteiger partial charge in [0.05, 0.1) is 16.9 Å². The maximum atomic E-state index is 12.0. The molecule has 0 spiro atoms. The molecule has 0 radical (unpaired) electrons. The Labute approximate surface area is 117 Å². The summed E-state index contributed by atoms with van der Waals surface area (Å²) in [5.74, 6) is -0.713.